The first-order valence-corrected chi connectivity index (χ1v) is 6.52. The maximum absolute atomic E-state index is 6.26. The summed E-state index contributed by atoms with van der Waals surface area (Å²) in [6, 6.07) is 11.3. The molecule has 0 heterocycles. The maximum atomic E-state index is 6.26. The Bertz CT molecular complexity index is 579. The summed E-state index contributed by atoms with van der Waals surface area (Å²) in [6.45, 7) is 4.15. The van der Waals surface area contributed by atoms with Gasteiger partial charge in [0.15, 0.2) is 0 Å². The molecule has 0 radical (unpaired) electrons. The van der Waals surface area contributed by atoms with E-state index in [0.29, 0.717) is 10.0 Å². The molecule has 0 spiro atoms. The Hall–Kier alpha value is -1.02. The molecular weight excluding hydrogens is 265 g/mol. The van der Waals surface area contributed by atoms with Gasteiger partial charge in [0, 0.05) is 10.0 Å². The van der Waals surface area contributed by atoms with Crippen molar-refractivity contribution in [3.8, 4) is 0 Å². The number of hydrogen-bond acceptors (Lipinski definition) is 1. The number of nitrogens with two attached hydrogens (primary N) is 1. The lowest BCUT2D eigenvalue weighted by Crippen LogP contribution is -2.12. The molecule has 18 heavy (non-hydrogen) atoms. The SMILES string of the molecule is Cc1ccc(C(N)c2cc(Cl)ccc2Cl)cc1C. The van der Waals surface area contributed by atoms with Crippen molar-refractivity contribution in [1.82, 2.24) is 0 Å². The molecule has 1 atom stereocenters. The van der Waals surface area contributed by atoms with Gasteiger partial charge in [0.1, 0.15) is 0 Å². The molecule has 2 aromatic carbocycles. The highest BCUT2D eigenvalue weighted by Crippen LogP contribution is 2.29. The number of aryl methyl sites for hydroxylation is 2. The van der Waals surface area contributed by atoms with E-state index in [-0.39, 0.29) is 6.04 Å². The Morgan fingerprint density at radius 1 is 0.944 bits per heavy atom. The van der Waals surface area contributed by atoms with E-state index in [4.69, 9.17) is 28.9 Å². The van der Waals surface area contributed by atoms with E-state index in [1.807, 2.05) is 12.1 Å². The molecule has 94 valence electrons. The molecule has 0 saturated heterocycles. The van der Waals surface area contributed by atoms with Crippen molar-refractivity contribution in [2.24, 2.45) is 5.73 Å². The summed E-state index contributed by atoms with van der Waals surface area (Å²) in [5.41, 5.74) is 10.6. The van der Waals surface area contributed by atoms with Crippen molar-refractivity contribution in [3.63, 3.8) is 0 Å². The van der Waals surface area contributed by atoms with Gasteiger partial charge in [-0.15, -0.1) is 0 Å². The third-order valence-electron chi connectivity index (χ3n) is 3.18. The van der Waals surface area contributed by atoms with Crippen LogP contribution in [0, 0.1) is 13.8 Å². The number of rotatable bonds is 2. The number of hydrogen-bond donors (Lipinski definition) is 1. The predicted octanol–water partition coefficient (Wildman–Crippen LogP) is 4.66. The van der Waals surface area contributed by atoms with E-state index in [0.717, 1.165) is 11.1 Å². The zero-order valence-corrected chi connectivity index (χ0v) is 11.9. The molecule has 0 bridgehead atoms. The van der Waals surface area contributed by atoms with E-state index in [9.17, 15) is 0 Å². The Morgan fingerprint density at radius 2 is 1.67 bits per heavy atom. The smallest absolute Gasteiger partial charge is 0.0567 e. The lowest BCUT2D eigenvalue weighted by atomic mass is 9.96. The Labute approximate surface area is 118 Å². The molecule has 1 nitrogen and oxygen atoms in total. The van der Waals surface area contributed by atoms with E-state index in [1.54, 1.807) is 12.1 Å². The van der Waals surface area contributed by atoms with E-state index >= 15 is 0 Å². The zero-order valence-electron chi connectivity index (χ0n) is 10.4. The fourth-order valence-corrected chi connectivity index (χ4v) is 2.31. The van der Waals surface area contributed by atoms with Crippen LogP contribution < -0.4 is 5.73 Å². The fraction of sp³-hybridized carbons (Fsp3) is 0.200. The van der Waals surface area contributed by atoms with Gasteiger partial charge < -0.3 is 5.73 Å². The lowest BCUT2D eigenvalue weighted by Gasteiger charge is -2.16. The third kappa shape index (κ3) is 2.69. The highest BCUT2D eigenvalue weighted by atomic mass is 35.5. The summed E-state index contributed by atoms with van der Waals surface area (Å²) in [5.74, 6) is 0. The van der Waals surface area contributed by atoms with Gasteiger partial charge in [0.2, 0.25) is 0 Å². The summed E-state index contributed by atoms with van der Waals surface area (Å²) in [7, 11) is 0. The molecule has 3 heteroatoms. The topological polar surface area (TPSA) is 26.0 Å². The molecule has 2 N–H and O–H groups in total. The molecular formula is C15H15Cl2N. The summed E-state index contributed by atoms with van der Waals surface area (Å²) in [5, 5.41) is 1.29. The maximum Gasteiger partial charge on any atom is 0.0567 e. The molecule has 0 fully saturated rings. The summed E-state index contributed by atoms with van der Waals surface area (Å²) in [4.78, 5) is 0. The molecule has 0 aliphatic heterocycles. The first-order chi connectivity index (χ1) is 8.49. The summed E-state index contributed by atoms with van der Waals surface area (Å²) < 4.78 is 0. The first-order valence-electron chi connectivity index (χ1n) is 5.76. The van der Waals surface area contributed by atoms with Gasteiger partial charge in [-0.2, -0.15) is 0 Å². The van der Waals surface area contributed by atoms with Gasteiger partial charge in [0.05, 0.1) is 6.04 Å². The molecule has 0 amide bonds. The van der Waals surface area contributed by atoms with Crippen LogP contribution in [0.5, 0.6) is 0 Å². The molecule has 1 unspecified atom stereocenters. The zero-order chi connectivity index (χ0) is 13.3. The van der Waals surface area contributed by atoms with Crippen LogP contribution in [0.3, 0.4) is 0 Å². The van der Waals surface area contributed by atoms with Gasteiger partial charge in [-0.05, 0) is 54.3 Å². The minimum atomic E-state index is -0.254. The lowest BCUT2D eigenvalue weighted by molar-refractivity contribution is 0.869. The second-order valence-corrected chi connectivity index (χ2v) is 5.33. The summed E-state index contributed by atoms with van der Waals surface area (Å²) >= 11 is 12.2. The molecule has 0 saturated carbocycles. The first kappa shape index (κ1) is 13.4. The standard InChI is InChI=1S/C15H15Cl2N/c1-9-3-4-11(7-10(9)2)15(18)13-8-12(16)5-6-14(13)17/h3-8,15H,18H2,1-2H3. The normalized spacial score (nSPS) is 12.5. The van der Waals surface area contributed by atoms with Crippen LogP contribution >= 0.6 is 23.2 Å². The van der Waals surface area contributed by atoms with Crippen LogP contribution in [0.2, 0.25) is 10.0 Å². The molecule has 0 aliphatic carbocycles. The van der Waals surface area contributed by atoms with Crippen LogP contribution in [0.15, 0.2) is 36.4 Å². The fourth-order valence-electron chi connectivity index (χ4n) is 1.89. The van der Waals surface area contributed by atoms with Crippen molar-refractivity contribution in [2.45, 2.75) is 19.9 Å². The van der Waals surface area contributed by atoms with Crippen LogP contribution in [0.1, 0.15) is 28.3 Å². The highest BCUT2D eigenvalue weighted by molar-refractivity contribution is 6.33. The van der Waals surface area contributed by atoms with Gasteiger partial charge in [-0.25, -0.2) is 0 Å². The van der Waals surface area contributed by atoms with Gasteiger partial charge in [-0.1, -0.05) is 41.4 Å². The minimum Gasteiger partial charge on any atom is -0.320 e. The van der Waals surface area contributed by atoms with Crippen LogP contribution in [-0.2, 0) is 0 Å². The third-order valence-corrected chi connectivity index (χ3v) is 3.76. The number of halogens is 2. The van der Waals surface area contributed by atoms with Gasteiger partial charge in [-0.3, -0.25) is 0 Å². The summed E-state index contributed by atoms with van der Waals surface area (Å²) in [6.07, 6.45) is 0. The average molecular weight is 280 g/mol. The second-order valence-electron chi connectivity index (χ2n) is 4.49. The highest BCUT2D eigenvalue weighted by Gasteiger charge is 2.13. The van der Waals surface area contributed by atoms with Gasteiger partial charge in [0.25, 0.3) is 0 Å². The van der Waals surface area contributed by atoms with Crippen LogP contribution in [-0.4, -0.2) is 0 Å². The van der Waals surface area contributed by atoms with Gasteiger partial charge >= 0.3 is 0 Å². The quantitative estimate of drug-likeness (QED) is 0.850. The van der Waals surface area contributed by atoms with E-state index < -0.39 is 0 Å². The monoisotopic (exact) mass is 279 g/mol. The Balaban J connectivity index is 2.44. The Kier molecular flexibility index (Phi) is 3.96. The molecule has 2 aromatic rings. The second kappa shape index (κ2) is 5.31. The van der Waals surface area contributed by atoms with Crippen molar-refractivity contribution >= 4 is 23.2 Å². The minimum absolute atomic E-state index is 0.254. The Morgan fingerprint density at radius 3 is 2.33 bits per heavy atom. The van der Waals surface area contributed by atoms with Crippen LogP contribution in [0.4, 0.5) is 0 Å². The van der Waals surface area contributed by atoms with E-state index in [1.165, 1.54) is 11.1 Å². The van der Waals surface area contributed by atoms with Crippen molar-refractivity contribution < 1.29 is 0 Å². The molecule has 0 aliphatic rings. The molecule has 2 rings (SSSR count). The average Bonchev–Trinajstić information content (AvgIpc) is 2.35. The predicted molar refractivity (Wildman–Crippen MR) is 78.4 cm³/mol. The largest absolute Gasteiger partial charge is 0.320 e. The number of benzene rings is 2. The van der Waals surface area contributed by atoms with Crippen molar-refractivity contribution in [2.75, 3.05) is 0 Å². The van der Waals surface area contributed by atoms with E-state index in [2.05, 4.69) is 26.0 Å². The van der Waals surface area contributed by atoms with Crippen molar-refractivity contribution in [1.29, 1.82) is 0 Å². The molecule has 0 aromatic heterocycles. The van der Waals surface area contributed by atoms with Crippen molar-refractivity contribution in [3.05, 3.63) is 68.7 Å². The van der Waals surface area contributed by atoms with Crippen LogP contribution in [0.25, 0.3) is 0 Å².